The summed E-state index contributed by atoms with van der Waals surface area (Å²) in [6, 6.07) is 9.67. The summed E-state index contributed by atoms with van der Waals surface area (Å²) in [5.41, 5.74) is 0.952. The largest absolute Gasteiger partial charge is 0.465 e. The number of rotatable bonds is 7. The number of esters is 1. The molecule has 108 valence electrons. The van der Waals surface area contributed by atoms with E-state index in [0.29, 0.717) is 13.0 Å². The van der Waals surface area contributed by atoms with Crippen molar-refractivity contribution in [3.8, 4) is 0 Å². The first kappa shape index (κ1) is 16.2. The zero-order chi connectivity index (χ0) is 14.8. The first-order valence-electron chi connectivity index (χ1n) is 7.01. The van der Waals surface area contributed by atoms with E-state index in [4.69, 9.17) is 4.74 Å². The van der Waals surface area contributed by atoms with Crippen molar-refractivity contribution in [2.75, 3.05) is 6.61 Å². The molecule has 2 heteroatoms. The van der Waals surface area contributed by atoms with Gasteiger partial charge in [0.1, 0.15) is 0 Å². The van der Waals surface area contributed by atoms with Gasteiger partial charge in [-0.2, -0.15) is 0 Å². The second-order valence-corrected chi connectivity index (χ2v) is 5.65. The molecule has 1 aromatic carbocycles. The molecule has 0 radical (unpaired) electrons. The minimum atomic E-state index is -0.165. The van der Waals surface area contributed by atoms with Gasteiger partial charge in [0, 0.05) is 5.41 Å². The van der Waals surface area contributed by atoms with Crippen molar-refractivity contribution in [1.82, 2.24) is 0 Å². The minimum absolute atomic E-state index is 0.0373. The van der Waals surface area contributed by atoms with Crippen molar-refractivity contribution >= 4 is 5.97 Å². The lowest BCUT2D eigenvalue weighted by Crippen LogP contribution is -2.22. The highest BCUT2D eigenvalue weighted by molar-refractivity contribution is 5.72. The normalized spacial score (nSPS) is 12.2. The maximum atomic E-state index is 11.8. The summed E-state index contributed by atoms with van der Waals surface area (Å²) in [5, 5.41) is 0. The van der Waals surface area contributed by atoms with Crippen LogP contribution in [0.5, 0.6) is 0 Å². The second kappa shape index (κ2) is 8.36. The SMILES string of the molecule is C/C=C/C=C/CC(C)(C)COC(=O)Cc1ccccc1. The van der Waals surface area contributed by atoms with E-state index in [2.05, 4.69) is 19.9 Å². The number of benzene rings is 1. The van der Waals surface area contributed by atoms with Crippen molar-refractivity contribution < 1.29 is 9.53 Å². The van der Waals surface area contributed by atoms with Gasteiger partial charge in [0.25, 0.3) is 0 Å². The minimum Gasteiger partial charge on any atom is -0.465 e. The molecule has 1 rings (SSSR count). The lowest BCUT2D eigenvalue weighted by molar-refractivity contribution is -0.145. The molecule has 0 unspecified atom stereocenters. The molecule has 2 nitrogen and oxygen atoms in total. The molecule has 0 aliphatic carbocycles. The Bertz CT molecular complexity index is 456. The van der Waals surface area contributed by atoms with E-state index in [-0.39, 0.29) is 11.4 Å². The van der Waals surface area contributed by atoms with Gasteiger partial charge in [-0.3, -0.25) is 4.79 Å². The number of hydrogen-bond donors (Lipinski definition) is 0. The number of hydrogen-bond acceptors (Lipinski definition) is 2. The Kier molecular flexibility index (Phi) is 6.78. The lowest BCUT2D eigenvalue weighted by atomic mass is 9.90. The van der Waals surface area contributed by atoms with Gasteiger partial charge in [0.2, 0.25) is 0 Å². The lowest BCUT2D eigenvalue weighted by Gasteiger charge is -2.22. The summed E-state index contributed by atoms with van der Waals surface area (Å²) >= 11 is 0. The van der Waals surface area contributed by atoms with Crippen LogP contribution in [0.15, 0.2) is 54.6 Å². The van der Waals surface area contributed by atoms with Crippen LogP contribution < -0.4 is 0 Å². The summed E-state index contributed by atoms with van der Waals surface area (Å²) in [5.74, 6) is -0.165. The predicted molar refractivity (Wildman–Crippen MR) is 83.5 cm³/mol. The zero-order valence-corrected chi connectivity index (χ0v) is 12.6. The van der Waals surface area contributed by atoms with Crippen molar-refractivity contribution in [1.29, 1.82) is 0 Å². The molecule has 0 bridgehead atoms. The standard InChI is InChI=1S/C18H24O2/c1-4-5-6-10-13-18(2,3)15-20-17(19)14-16-11-8-7-9-12-16/h4-12H,13-15H2,1-3H3/b5-4+,10-6+. The van der Waals surface area contributed by atoms with Crippen LogP contribution in [0.1, 0.15) is 32.8 Å². The van der Waals surface area contributed by atoms with E-state index < -0.39 is 0 Å². The van der Waals surface area contributed by atoms with Crippen LogP contribution in [0, 0.1) is 5.41 Å². The Labute approximate surface area is 122 Å². The molecule has 0 spiro atoms. The van der Waals surface area contributed by atoms with Gasteiger partial charge in [-0.25, -0.2) is 0 Å². The molecular weight excluding hydrogens is 248 g/mol. The van der Waals surface area contributed by atoms with Crippen LogP contribution in [0.4, 0.5) is 0 Å². The Hall–Kier alpha value is -1.83. The van der Waals surface area contributed by atoms with E-state index >= 15 is 0 Å². The van der Waals surface area contributed by atoms with Gasteiger partial charge in [0.05, 0.1) is 13.0 Å². The fourth-order valence-electron chi connectivity index (χ4n) is 1.73. The summed E-state index contributed by atoms with van der Waals surface area (Å²) in [6.45, 7) is 6.63. The van der Waals surface area contributed by atoms with Crippen LogP contribution in [-0.2, 0) is 16.0 Å². The first-order chi connectivity index (χ1) is 9.53. The second-order valence-electron chi connectivity index (χ2n) is 5.65. The molecule has 0 atom stereocenters. The molecular formula is C18H24O2. The third-order valence-electron chi connectivity index (χ3n) is 2.93. The number of ether oxygens (including phenoxy) is 1. The highest BCUT2D eigenvalue weighted by Gasteiger charge is 2.18. The Morgan fingerprint density at radius 2 is 1.90 bits per heavy atom. The highest BCUT2D eigenvalue weighted by atomic mass is 16.5. The van der Waals surface area contributed by atoms with Gasteiger partial charge in [-0.1, -0.05) is 68.5 Å². The fourth-order valence-corrected chi connectivity index (χ4v) is 1.73. The predicted octanol–water partition coefficient (Wildman–Crippen LogP) is 4.32. The zero-order valence-electron chi connectivity index (χ0n) is 12.6. The van der Waals surface area contributed by atoms with Crippen molar-refractivity contribution in [2.24, 2.45) is 5.41 Å². The van der Waals surface area contributed by atoms with Crippen LogP contribution in [-0.4, -0.2) is 12.6 Å². The van der Waals surface area contributed by atoms with Crippen LogP contribution in [0.3, 0.4) is 0 Å². The van der Waals surface area contributed by atoms with Crippen molar-refractivity contribution in [2.45, 2.75) is 33.6 Å². The summed E-state index contributed by atoms with van der Waals surface area (Å²) in [6.07, 6.45) is 9.33. The monoisotopic (exact) mass is 272 g/mol. The summed E-state index contributed by atoms with van der Waals surface area (Å²) in [4.78, 5) is 11.8. The Morgan fingerprint density at radius 1 is 1.20 bits per heavy atom. The molecule has 0 N–H and O–H groups in total. The topological polar surface area (TPSA) is 26.3 Å². The van der Waals surface area contributed by atoms with Gasteiger partial charge in [0.15, 0.2) is 0 Å². The van der Waals surface area contributed by atoms with Crippen molar-refractivity contribution in [3.05, 3.63) is 60.2 Å². The van der Waals surface area contributed by atoms with E-state index in [0.717, 1.165) is 12.0 Å². The highest BCUT2D eigenvalue weighted by Crippen LogP contribution is 2.21. The van der Waals surface area contributed by atoms with Gasteiger partial charge >= 0.3 is 5.97 Å². The molecule has 0 amide bonds. The summed E-state index contributed by atoms with van der Waals surface area (Å²) < 4.78 is 5.38. The maximum Gasteiger partial charge on any atom is 0.310 e. The number of allylic oxidation sites excluding steroid dienone is 4. The third-order valence-corrected chi connectivity index (χ3v) is 2.93. The first-order valence-corrected chi connectivity index (χ1v) is 7.01. The van der Waals surface area contributed by atoms with Crippen LogP contribution >= 0.6 is 0 Å². The Morgan fingerprint density at radius 3 is 2.55 bits per heavy atom. The smallest absolute Gasteiger partial charge is 0.310 e. The Balaban J connectivity index is 2.35. The molecule has 0 heterocycles. The van der Waals surface area contributed by atoms with Crippen molar-refractivity contribution in [3.63, 3.8) is 0 Å². The fraction of sp³-hybridized carbons (Fsp3) is 0.389. The van der Waals surface area contributed by atoms with Gasteiger partial charge in [-0.05, 0) is 18.9 Å². The molecule has 0 fully saturated rings. The van der Waals surface area contributed by atoms with Gasteiger partial charge < -0.3 is 4.74 Å². The molecule has 0 aromatic heterocycles. The molecule has 0 aliphatic heterocycles. The molecule has 0 saturated carbocycles. The van der Waals surface area contributed by atoms with Crippen LogP contribution in [0.2, 0.25) is 0 Å². The molecule has 1 aromatic rings. The van der Waals surface area contributed by atoms with Crippen LogP contribution in [0.25, 0.3) is 0 Å². The molecule has 20 heavy (non-hydrogen) atoms. The van der Waals surface area contributed by atoms with Gasteiger partial charge in [-0.15, -0.1) is 0 Å². The third kappa shape index (κ3) is 6.93. The number of carbonyl (C=O) groups excluding carboxylic acids is 1. The maximum absolute atomic E-state index is 11.8. The number of carbonyl (C=O) groups is 1. The molecule has 0 aliphatic rings. The quantitative estimate of drug-likeness (QED) is 0.546. The average molecular weight is 272 g/mol. The molecule has 0 saturated heterocycles. The van der Waals surface area contributed by atoms with E-state index in [1.807, 2.05) is 55.5 Å². The van der Waals surface area contributed by atoms with E-state index in [1.165, 1.54) is 0 Å². The van der Waals surface area contributed by atoms with E-state index in [9.17, 15) is 4.79 Å². The average Bonchev–Trinajstić information content (AvgIpc) is 2.43. The summed E-state index contributed by atoms with van der Waals surface area (Å²) in [7, 11) is 0. The van der Waals surface area contributed by atoms with E-state index in [1.54, 1.807) is 0 Å².